The van der Waals surface area contributed by atoms with E-state index in [2.05, 4.69) is 5.32 Å². The van der Waals surface area contributed by atoms with Gasteiger partial charge in [0.15, 0.2) is 11.9 Å². The first-order valence-corrected chi connectivity index (χ1v) is 9.37. The van der Waals surface area contributed by atoms with Crippen molar-refractivity contribution < 1.29 is 23.9 Å². The van der Waals surface area contributed by atoms with Gasteiger partial charge in [-0.2, -0.15) is 0 Å². The minimum atomic E-state index is -0.819. The maximum absolute atomic E-state index is 12.7. The molecular formula is C22H24N2O5. The van der Waals surface area contributed by atoms with Crippen LogP contribution in [0, 0.1) is 6.92 Å². The third-order valence-corrected chi connectivity index (χ3v) is 4.72. The van der Waals surface area contributed by atoms with E-state index in [1.807, 2.05) is 25.1 Å². The Hall–Kier alpha value is -3.19. The molecule has 2 unspecified atom stereocenters. The van der Waals surface area contributed by atoms with Crippen molar-refractivity contribution in [3.63, 3.8) is 0 Å². The second kappa shape index (κ2) is 8.45. The Kier molecular flexibility index (Phi) is 5.98. The van der Waals surface area contributed by atoms with Gasteiger partial charge in [-0.15, -0.1) is 0 Å². The van der Waals surface area contributed by atoms with Crippen LogP contribution < -0.4 is 15.0 Å². The Morgan fingerprint density at radius 1 is 1.24 bits per heavy atom. The highest BCUT2D eigenvalue weighted by Crippen LogP contribution is 2.34. The number of Topliss-reactive ketones (excluding diaryl/α,β-unsaturated/α-hetero) is 1. The molecular weight excluding hydrogens is 372 g/mol. The van der Waals surface area contributed by atoms with Crippen LogP contribution in [0.15, 0.2) is 42.5 Å². The van der Waals surface area contributed by atoms with Gasteiger partial charge in [-0.3, -0.25) is 14.4 Å². The van der Waals surface area contributed by atoms with Gasteiger partial charge in [0.05, 0.1) is 5.69 Å². The van der Waals surface area contributed by atoms with E-state index in [4.69, 9.17) is 9.47 Å². The van der Waals surface area contributed by atoms with Crippen LogP contribution in [0.1, 0.15) is 29.8 Å². The van der Waals surface area contributed by atoms with Gasteiger partial charge < -0.3 is 19.7 Å². The number of hydrogen-bond donors (Lipinski definition) is 1. The molecule has 2 aromatic carbocycles. The topological polar surface area (TPSA) is 84.9 Å². The standard InChI is InChI=1S/C22H24N2O5/c1-13-6-5-7-17(10-13)23-20(25)12-28-14(2)21(26)16-8-9-19-18(11-16)24(4)22(27)15(3)29-19/h5-11,14-15H,12H2,1-4H3,(H,23,25). The monoisotopic (exact) mass is 396 g/mol. The predicted molar refractivity (Wildman–Crippen MR) is 109 cm³/mol. The molecule has 0 aliphatic carbocycles. The summed E-state index contributed by atoms with van der Waals surface area (Å²) in [6.45, 7) is 4.96. The van der Waals surface area contributed by atoms with Crippen LogP contribution in [0.4, 0.5) is 11.4 Å². The number of aryl methyl sites for hydroxylation is 1. The Morgan fingerprint density at radius 3 is 2.72 bits per heavy atom. The molecule has 0 spiro atoms. The summed E-state index contributed by atoms with van der Waals surface area (Å²) in [7, 11) is 1.64. The van der Waals surface area contributed by atoms with E-state index in [0.717, 1.165) is 5.56 Å². The quantitative estimate of drug-likeness (QED) is 0.759. The maximum Gasteiger partial charge on any atom is 0.267 e. The Balaban J connectivity index is 1.62. The van der Waals surface area contributed by atoms with Gasteiger partial charge in [-0.05, 0) is 56.7 Å². The average molecular weight is 396 g/mol. The van der Waals surface area contributed by atoms with E-state index in [1.165, 1.54) is 4.90 Å². The first-order chi connectivity index (χ1) is 13.8. The van der Waals surface area contributed by atoms with Gasteiger partial charge in [0.1, 0.15) is 18.5 Å². The molecule has 1 heterocycles. The van der Waals surface area contributed by atoms with Crippen molar-refractivity contribution in [1.82, 2.24) is 0 Å². The molecule has 2 amide bonds. The summed E-state index contributed by atoms with van der Waals surface area (Å²) in [5, 5.41) is 2.74. The molecule has 0 saturated heterocycles. The summed E-state index contributed by atoms with van der Waals surface area (Å²) in [6, 6.07) is 12.3. The number of ether oxygens (including phenoxy) is 2. The normalized spacial score (nSPS) is 16.6. The number of anilines is 2. The van der Waals surface area contributed by atoms with E-state index in [1.54, 1.807) is 45.2 Å². The molecule has 2 aromatic rings. The molecule has 0 radical (unpaired) electrons. The largest absolute Gasteiger partial charge is 0.479 e. The molecule has 1 N–H and O–H groups in total. The fourth-order valence-corrected chi connectivity index (χ4v) is 3.10. The lowest BCUT2D eigenvalue weighted by molar-refractivity contribution is -0.125. The number of ketones is 1. The molecule has 2 atom stereocenters. The lowest BCUT2D eigenvalue weighted by Crippen LogP contribution is -2.42. The molecule has 7 nitrogen and oxygen atoms in total. The zero-order valence-corrected chi connectivity index (χ0v) is 16.9. The second-order valence-corrected chi connectivity index (χ2v) is 7.07. The highest BCUT2D eigenvalue weighted by atomic mass is 16.5. The zero-order chi connectivity index (χ0) is 21.1. The zero-order valence-electron chi connectivity index (χ0n) is 16.9. The van der Waals surface area contributed by atoms with Crippen LogP contribution in [-0.2, 0) is 14.3 Å². The van der Waals surface area contributed by atoms with E-state index < -0.39 is 12.2 Å². The number of nitrogens with zero attached hydrogens (tertiary/aromatic N) is 1. The summed E-state index contributed by atoms with van der Waals surface area (Å²) in [5.74, 6) is -0.259. The molecule has 0 aromatic heterocycles. The van der Waals surface area contributed by atoms with Crippen molar-refractivity contribution >= 4 is 29.0 Å². The summed E-state index contributed by atoms with van der Waals surface area (Å²) >= 11 is 0. The number of benzene rings is 2. The fraction of sp³-hybridized carbons (Fsp3) is 0.318. The van der Waals surface area contributed by atoms with E-state index in [9.17, 15) is 14.4 Å². The number of fused-ring (bicyclic) bond motifs is 1. The van der Waals surface area contributed by atoms with Gasteiger partial charge >= 0.3 is 0 Å². The first-order valence-electron chi connectivity index (χ1n) is 9.37. The minimum Gasteiger partial charge on any atom is -0.479 e. The number of carbonyl (C=O) groups excluding carboxylic acids is 3. The fourth-order valence-electron chi connectivity index (χ4n) is 3.10. The predicted octanol–water partition coefficient (Wildman–Crippen LogP) is 2.97. The van der Waals surface area contributed by atoms with Crippen LogP contribution in [-0.4, -0.2) is 43.5 Å². The third kappa shape index (κ3) is 4.63. The Labute approximate surface area is 169 Å². The lowest BCUT2D eigenvalue weighted by Gasteiger charge is -2.30. The highest BCUT2D eigenvalue weighted by molar-refractivity contribution is 6.04. The molecule has 29 heavy (non-hydrogen) atoms. The summed E-state index contributed by atoms with van der Waals surface area (Å²) in [4.78, 5) is 38.3. The van der Waals surface area contributed by atoms with Crippen LogP contribution in [0.25, 0.3) is 0 Å². The van der Waals surface area contributed by atoms with Gasteiger partial charge in [0.25, 0.3) is 5.91 Å². The van der Waals surface area contributed by atoms with Gasteiger partial charge in [-0.1, -0.05) is 12.1 Å². The minimum absolute atomic E-state index is 0.181. The highest BCUT2D eigenvalue weighted by Gasteiger charge is 2.30. The summed E-state index contributed by atoms with van der Waals surface area (Å²) in [6.07, 6.45) is -1.39. The average Bonchev–Trinajstić information content (AvgIpc) is 2.69. The van der Waals surface area contributed by atoms with Crippen molar-refractivity contribution in [2.75, 3.05) is 23.9 Å². The number of hydrogen-bond acceptors (Lipinski definition) is 5. The van der Waals surface area contributed by atoms with Crippen molar-refractivity contribution in [3.05, 3.63) is 53.6 Å². The first kappa shape index (κ1) is 20.5. The molecule has 0 fully saturated rings. The number of nitrogens with one attached hydrogen (secondary N) is 1. The third-order valence-electron chi connectivity index (χ3n) is 4.72. The van der Waals surface area contributed by atoms with Crippen molar-refractivity contribution in [2.24, 2.45) is 0 Å². The number of carbonyl (C=O) groups is 3. The summed E-state index contributed by atoms with van der Waals surface area (Å²) in [5.41, 5.74) is 2.62. The van der Waals surface area contributed by atoms with E-state index in [-0.39, 0.29) is 24.2 Å². The molecule has 0 saturated carbocycles. The second-order valence-electron chi connectivity index (χ2n) is 7.07. The van der Waals surface area contributed by atoms with Gasteiger partial charge in [0, 0.05) is 18.3 Å². The Morgan fingerprint density at radius 2 is 2.00 bits per heavy atom. The molecule has 1 aliphatic rings. The van der Waals surface area contributed by atoms with E-state index >= 15 is 0 Å². The van der Waals surface area contributed by atoms with Crippen molar-refractivity contribution in [2.45, 2.75) is 33.0 Å². The van der Waals surface area contributed by atoms with Gasteiger partial charge in [0.2, 0.25) is 5.91 Å². The van der Waals surface area contributed by atoms with Crippen LogP contribution >= 0.6 is 0 Å². The van der Waals surface area contributed by atoms with Crippen LogP contribution in [0.2, 0.25) is 0 Å². The molecule has 0 bridgehead atoms. The Bertz CT molecular complexity index is 956. The van der Waals surface area contributed by atoms with Crippen molar-refractivity contribution in [1.29, 1.82) is 0 Å². The molecule has 152 valence electrons. The van der Waals surface area contributed by atoms with Crippen LogP contribution in [0.5, 0.6) is 5.75 Å². The van der Waals surface area contributed by atoms with Crippen molar-refractivity contribution in [3.8, 4) is 5.75 Å². The summed E-state index contributed by atoms with van der Waals surface area (Å²) < 4.78 is 11.0. The smallest absolute Gasteiger partial charge is 0.267 e. The molecule has 1 aliphatic heterocycles. The van der Waals surface area contributed by atoms with E-state index in [0.29, 0.717) is 22.7 Å². The maximum atomic E-state index is 12.7. The number of likely N-dealkylation sites (N-methyl/N-ethyl adjacent to an activating group) is 1. The number of amides is 2. The van der Waals surface area contributed by atoms with Crippen LogP contribution in [0.3, 0.4) is 0 Å². The molecule has 7 heteroatoms. The number of rotatable bonds is 6. The molecule has 3 rings (SSSR count). The van der Waals surface area contributed by atoms with Gasteiger partial charge in [-0.25, -0.2) is 0 Å². The SMILES string of the molecule is Cc1cccc(NC(=O)COC(C)C(=O)c2ccc3c(c2)N(C)C(=O)C(C)O3)c1. The lowest BCUT2D eigenvalue weighted by atomic mass is 10.0.